The average molecular weight is 292 g/mol. The number of aromatic nitrogens is 1. The first-order valence-electron chi connectivity index (χ1n) is 6.18. The number of methoxy groups -OCH3 is 2. The Balaban J connectivity index is 2.37. The summed E-state index contributed by atoms with van der Waals surface area (Å²) >= 11 is 0. The summed E-state index contributed by atoms with van der Waals surface area (Å²) in [6, 6.07) is 4.97. The lowest BCUT2D eigenvalue weighted by molar-refractivity contribution is 0.102. The number of benzene rings is 1. The van der Waals surface area contributed by atoms with E-state index in [9.17, 15) is 9.59 Å². The Hall–Kier alpha value is -2.70. The molecule has 2 aromatic rings. The zero-order valence-electron chi connectivity index (χ0n) is 12.2. The zero-order chi connectivity index (χ0) is 15.6. The third kappa shape index (κ3) is 2.76. The predicted octanol–water partition coefficient (Wildman–Crippen LogP) is 1.56. The van der Waals surface area contributed by atoms with E-state index in [2.05, 4.69) is 5.32 Å². The second-order valence-corrected chi connectivity index (χ2v) is 4.36. The first kappa shape index (κ1) is 14.7. The Morgan fingerprint density at radius 2 is 2.00 bits per heavy atom. The maximum atomic E-state index is 12.3. The molecule has 7 heteroatoms. The Labute approximate surface area is 121 Å². The van der Waals surface area contributed by atoms with Gasteiger partial charge in [0.1, 0.15) is 17.1 Å². The third-order valence-electron chi connectivity index (χ3n) is 3.14. The van der Waals surface area contributed by atoms with E-state index in [1.165, 1.54) is 19.0 Å². The van der Waals surface area contributed by atoms with Crippen molar-refractivity contribution in [3.63, 3.8) is 0 Å². The molecule has 0 radical (unpaired) electrons. The van der Waals surface area contributed by atoms with Gasteiger partial charge in [-0.3, -0.25) is 4.79 Å². The normalized spacial score (nSPS) is 10.3. The van der Waals surface area contributed by atoms with Crippen molar-refractivity contribution < 1.29 is 18.8 Å². The highest BCUT2D eigenvalue weighted by atomic mass is 16.5. The second kappa shape index (κ2) is 5.74. The molecule has 7 nitrogen and oxygen atoms in total. The highest BCUT2D eigenvalue weighted by Crippen LogP contribution is 2.29. The van der Waals surface area contributed by atoms with Gasteiger partial charge in [0.15, 0.2) is 0 Å². The lowest BCUT2D eigenvalue weighted by Crippen LogP contribution is -2.19. The first-order valence-corrected chi connectivity index (χ1v) is 6.18. The van der Waals surface area contributed by atoms with Crippen LogP contribution in [0.1, 0.15) is 16.1 Å². The smallest absolute Gasteiger partial charge is 0.370 e. The van der Waals surface area contributed by atoms with Gasteiger partial charge in [0, 0.05) is 13.1 Å². The minimum atomic E-state index is -0.686. The van der Waals surface area contributed by atoms with E-state index in [0.717, 1.165) is 0 Å². The van der Waals surface area contributed by atoms with Crippen LogP contribution in [-0.4, -0.2) is 24.9 Å². The van der Waals surface area contributed by atoms with Crippen molar-refractivity contribution in [1.82, 2.24) is 4.74 Å². The summed E-state index contributed by atoms with van der Waals surface area (Å²) in [6.45, 7) is 1.63. The van der Waals surface area contributed by atoms with Crippen LogP contribution in [0.3, 0.4) is 0 Å². The number of hydrogen-bond acceptors (Lipinski definition) is 5. The Morgan fingerprint density at radius 1 is 1.29 bits per heavy atom. The molecule has 112 valence electrons. The van der Waals surface area contributed by atoms with E-state index >= 15 is 0 Å². The van der Waals surface area contributed by atoms with Crippen molar-refractivity contribution in [3.8, 4) is 11.5 Å². The zero-order valence-corrected chi connectivity index (χ0v) is 12.2. The van der Waals surface area contributed by atoms with Crippen molar-refractivity contribution in [1.29, 1.82) is 0 Å². The molecule has 0 fully saturated rings. The number of amides is 1. The summed E-state index contributed by atoms with van der Waals surface area (Å²) in [6.07, 6.45) is 0. The predicted molar refractivity (Wildman–Crippen MR) is 76.2 cm³/mol. The fourth-order valence-electron chi connectivity index (χ4n) is 1.90. The van der Waals surface area contributed by atoms with E-state index in [1.807, 2.05) is 0 Å². The van der Waals surface area contributed by atoms with E-state index in [-0.39, 0.29) is 5.56 Å². The molecule has 2 rings (SSSR count). The van der Waals surface area contributed by atoms with Gasteiger partial charge in [0.25, 0.3) is 5.91 Å². The molecule has 0 spiro atoms. The molecular weight excluding hydrogens is 276 g/mol. The van der Waals surface area contributed by atoms with Crippen LogP contribution in [0.2, 0.25) is 0 Å². The molecule has 0 saturated carbocycles. The number of nitrogens with one attached hydrogen (secondary N) is 1. The van der Waals surface area contributed by atoms with Crippen LogP contribution in [0.5, 0.6) is 11.5 Å². The molecule has 1 aromatic carbocycles. The number of rotatable bonds is 4. The molecule has 1 N–H and O–H groups in total. The quantitative estimate of drug-likeness (QED) is 0.924. The van der Waals surface area contributed by atoms with Crippen LogP contribution < -0.4 is 20.4 Å². The van der Waals surface area contributed by atoms with E-state index < -0.39 is 11.5 Å². The lowest BCUT2D eigenvalue weighted by atomic mass is 10.2. The molecule has 0 atom stereocenters. The third-order valence-corrected chi connectivity index (χ3v) is 3.14. The van der Waals surface area contributed by atoms with E-state index in [0.29, 0.717) is 22.9 Å². The molecule has 0 aliphatic heterocycles. The van der Waals surface area contributed by atoms with Crippen LogP contribution in [0, 0.1) is 6.92 Å². The Bertz CT molecular complexity index is 729. The maximum absolute atomic E-state index is 12.3. The minimum absolute atomic E-state index is 0.0395. The monoisotopic (exact) mass is 292 g/mol. The first-order chi connectivity index (χ1) is 9.97. The van der Waals surface area contributed by atoms with Gasteiger partial charge in [-0.2, -0.15) is 0 Å². The summed E-state index contributed by atoms with van der Waals surface area (Å²) in [4.78, 5) is 23.9. The minimum Gasteiger partial charge on any atom is -0.497 e. The van der Waals surface area contributed by atoms with Crippen LogP contribution in [0.15, 0.2) is 27.5 Å². The van der Waals surface area contributed by atoms with Crippen LogP contribution in [-0.2, 0) is 7.05 Å². The van der Waals surface area contributed by atoms with Gasteiger partial charge in [0.05, 0.1) is 25.6 Å². The number of nitrogens with zero attached hydrogens (tertiary/aromatic N) is 1. The fourth-order valence-corrected chi connectivity index (χ4v) is 1.90. The topological polar surface area (TPSA) is 82.7 Å². The van der Waals surface area contributed by atoms with Crippen molar-refractivity contribution in [2.75, 3.05) is 19.5 Å². The van der Waals surface area contributed by atoms with Crippen molar-refractivity contribution in [3.05, 3.63) is 39.9 Å². The highest BCUT2D eigenvalue weighted by Gasteiger charge is 2.21. The molecular formula is C14H16N2O5. The maximum Gasteiger partial charge on any atom is 0.370 e. The number of aryl methyl sites for hydroxylation is 1. The molecule has 21 heavy (non-hydrogen) atoms. The number of anilines is 1. The molecule has 0 unspecified atom stereocenters. The molecule has 1 amide bonds. The number of carbonyl (C=O) groups excluding carboxylic acids is 1. The Morgan fingerprint density at radius 3 is 2.52 bits per heavy atom. The highest BCUT2D eigenvalue weighted by molar-refractivity contribution is 6.05. The average Bonchev–Trinajstić information content (AvgIpc) is 2.71. The molecule has 1 aromatic heterocycles. The van der Waals surface area contributed by atoms with Crippen molar-refractivity contribution in [2.45, 2.75) is 6.92 Å². The summed E-state index contributed by atoms with van der Waals surface area (Å²) in [5.74, 6) is 0.457. The summed E-state index contributed by atoms with van der Waals surface area (Å²) in [5, 5.41) is 2.63. The number of hydrogen-bond donors (Lipinski definition) is 1. The van der Waals surface area contributed by atoms with Gasteiger partial charge in [0.2, 0.25) is 0 Å². The van der Waals surface area contributed by atoms with E-state index in [1.54, 1.807) is 32.2 Å². The van der Waals surface area contributed by atoms with Crippen molar-refractivity contribution >= 4 is 11.6 Å². The van der Waals surface area contributed by atoms with E-state index in [4.69, 9.17) is 14.0 Å². The Kier molecular flexibility index (Phi) is 4.02. The molecule has 0 bridgehead atoms. The lowest BCUT2D eigenvalue weighted by Gasteiger charge is -2.11. The molecule has 0 aliphatic rings. The summed E-state index contributed by atoms with van der Waals surface area (Å²) < 4.78 is 16.4. The van der Waals surface area contributed by atoms with Gasteiger partial charge < -0.3 is 19.3 Å². The molecule has 0 saturated heterocycles. The van der Waals surface area contributed by atoms with Crippen LogP contribution >= 0.6 is 0 Å². The van der Waals surface area contributed by atoms with Gasteiger partial charge in [-0.15, -0.1) is 0 Å². The number of ether oxygens (including phenoxy) is 2. The summed E-state index contributed by atoms with van der Waals surface area (Å²) in [5.41, 5.74) is 0.126. The van der Waals surface area contributed by atoms with Gasteiger partial charge in [-0.25, -0.2) is 9.53 Å². The SMILES string of the molecule is COc1ccc(OC)c(NC(=O)c2c(C)n(C)oc2=O)c1. The van der Waals surface area contributed by atoms with Gasteiger partial charge in [-0.1, -0.05) is 0 Å². The van der Waals surface area contributed by atoms with Crippen LogP contribution in [0.4, 0.5) is 5.69 Å². The second-order valence-electron chi connectivity index (χ2n) is 4.36. The van der Waals surface area contributed by atoms with Gasteiger partial charge in [-0.05, 0) is 19.1 Å². The van der Waals surface area contributed by atoms with Crippen molar-refractivity contribution in [2.24, 2.45) is 7.05 Å². The number of carbonyl (C=O) groups is 1. The van der Waals surface area contributed by atoms with Gasteiger partial charge >= 0.3 is 5.63 Å². The van der Waals surface area contributed by atoms with Crippen LogP contribution in [0.25, 0.3) is 0 Å². The summed E-state index contributed by atoms with van der Waals surface area (Å²) in [7, 11) is 4.56. The molecule has 1 heterocycles. The standard InChI is InChI=1S/C14H16N2O5/c1-8-12(14(18)21-16(8)2)13(17)15-10-7-9(19-3)5-6-11(10)20-4/h5-7H,1-4H3,(H,15,17). The fraction of sp³-hybridized carbons (Fsp3) is 0.286. The molecule has 0 aliphatic carbocycles. The largest absolute Gasteiger partial charge is 0.497 e.